The van der Waals surface area contributed by atoms with Crippen molar-refractivity contribution in [3.8, 4) is 11.4 Å². The Morgan fingerprint density at radius 2 is 0.870 bits per heavy atom. The van der Waals surface area contributed by atoms with Gasteiger partial charge >= 0.3 is 0 Å². The van der Waals surface area contributed by atoms with Crippen molar-refractivity contribution in [2.75, 3.05) is 0 Å². The molecule has 0 spiro atoms. The van der Waals surface area contributed by atoms with E-state index in [9.17, 15) is 0 Å². The van der Waals surface area contributed by atoms with Crippen molar-refractivity contribution in [3.05, 3.63) is 169 Å². The zero-order chi connectivity index (χ0) is 38.3. The van der Waals surface area contributed by atoms with Crippen LogP contribution >= 0.6 is 0 Å². The molecule has 0 atom stereocenters. The van der Waals surface area contributed by atoms with Gasteiger partial charge in [0.2, 0.25) is 0 Å². The monoisotopic (exact) mass is 710 g/mol. The molecule has 0 aliphatic heterocycles. The minimum Gasteiger partial charge on any atom is -0.361 e. The Morgan fingerprint density at radius 3 is 1.39 bits per heavy atom. The first-order chi connectivity index (χ1) is 25.7. The van der Waals surface area contributed by atoms with Crippen LogP contribution in [0.3, 0.4) is 0 Å². The number of fused-ring (bicyclic) bond motifs is 4. The molecule has 0 saturated carbocycles. The number of rotatable bonds is 2. The van der Waals surface area contributed by atoms with Gasteiger partial charge in [-0.25, -0.2) is 0 Å². The van der Waals surface area contributed by atoms with Crippen molar-refractivity contribution in [2.24, 2.45) is 0 Å². The number of aromatic amines is 2. The Labute approximate surface area is 320 Å². The second kappa shape index (κ2) is 14.2. The first-order valence-electron chi connectivity index (χ1n) is 19.1. The van der Waals surface area contributed by atoms with Gasteiger partial charge in [-0.05, 0) is 86.9 Å². The topological polar surface area (TPSA) is 41.4 Å². The molecule has 0 fully saturated rings. The average molecular weight is 711 g/mol. The van der Waals surface area contributed by atoms with Crippen molar-refractivity contribution >= 4 is 43.6 Å². The third kappa shape index (κ3) is 7.39. The van der Waals surface area contributed by atoms with Crippen molar-refractivity contribution < 1.29 is 0 Å². The second-order valence-corrected chi connectivity index (χ2v) is 17.4. The van der Waals surface area contributed by atoms with Crippen LogP contribution in [-0.4, -0.2) is 19.1 Å². The highest BCUT2D eigenvalue weighted by Gasteiger charge is 2.23. The van der Waals surface area contributed by atoms with Gasteiger partial charge in [-0.2, -0.15) is 0 Å². The Bertz CT molecular complexity index is 2530. The fourth-order valence-corrected chi connectivity index (χ4v) is 7.46. The molecule has 5 aromatic carbocycles. The fourth-order valence-electron chi connectivity index (χ4n) is 7.46. The van der Waals surface area contributed by atoms with E-state index in [1.54, 1.807) is 0 Å². The van der Waals surface area contributed by atoms with Crippen LogP contribution in [0.2, 0.25) is 0 Å². The molecule has 2 N–H and O–H groups in total. The minimum atomic E-state index is 0.0840. The quantitative estimate of drug-likeness (QED) is 0.179. The van der Waals surface area contributed by atoms with Crippen LogP contribution in [-0.2, 0) is 16.2 Å². The lowest BCUT2D eigenvalue weighted by Crippen LogP contribution is -2.10. The van der Waals surface area contributed by atoms with E-state index in [1.807, 2.05) is 18.3 Å². The molecule has 0 aliphatic rings. The zero-order valence-electron chi connectivity index (χ0n) is 33.3. The van der Waals surface area contributed by atoms with E-state index in [2.05, 4.69) is 215 Å². The molecule has 9 rings (SSSR count). The number of para-hydroxylation sites is 4. The molecule has 9 aromatic rings. The molecular formula is C50H54N4. The standard InChI is InChI=1S/C30H32N2.C12H15N.C8H7N/c1-29(2,3)25-19-31(27-16-9-7-14-23(25)27)21-12-11-13-22(18-21)32-20-26(30(4,5)6)24-15-8-10-17-28(24)32;1-12(2,3)10-8-13-11-7-5-4-6-9(10)11;1-2-4-8-7(3-1)5-6-9-8/h7-20H,1-6H3;4-8,13H,1-3H3;1-6,9H. The summed E-state index contributed by atoms with van der Waals surface area (Å²) in [6, 6.07) is 45.1. The van der Waals surface area contributed by atoms with Gasteiger partial charge in [0.25, 0.3) is 0 Å². The molecule has 0 amide bonds. The third-order valence-corrected chi connectivity index (χ3v) is 10.3. The van der Waals surface area contributed by atoms with E-state index in [-0.39, 0.29) is 16.2 Å². The van der Waals surface area contributed by atoms with Gasteiger partial charge in [0.05, 0.1) is 11.0 Å². The number of nitrogens with zero attached hydrogens (tertiary/aromatic N) is 2. The van der Waals surface area contributed by atoms with E-state index in [0.29, 0.717) is 0 Å². The Balaban J connectivity index is 0.000000165. The zero-order valence-corrected chi connectivity index (χ0v) is 33.3. The van der Waals surface area contributed by atoms with Crippen molar-refractivity contribution in [3.63, 3.8) is 0 Å². The lowest BCUT2D eigenvalue weighted by Gasteiger charge is -2.17. The highest BCUT2D eigenvalue weighted by Crippen LogP contribution is 2.36. The highest BCUT2D eigenvalue weighted by atomic mass is 15.0. The van der Waals surface area contributed by atoms with Crippen LogP contribution in [0.1, 0.15) is 79.0 Å². The predicted molar refractivity (Wildman–Crippen MR) is 233 cm³/mol. The molecule has 0 bridgehead atoms. The van der Waals surface area contributed by atoms with Crippen molar-refractivity contribution in [1.29, 1.82) is 0 Å². The molecule has 4 heteroatoms. The van der Waals surface area contributed by atoms with Gasteiger partial charge in [-0.1, -0.05) is 141 Å². The van der Waals surface area contributed by atoms with Crippen LogP contribution < -0.4 is 0 Å². The number of nitrogens with one attached hydrogen (secondary N) is 2. The molecule has 0 radical (unpaired) electrons. The fraction of sp³-hybridized carbons (Fsp3) is 0.240. The average Bonchev–Trinajstić information content (AvgIpc) is 3.95. The summed E-state index contributed by atoms with van der Waals surface area (Å²) in [5.41, 5.74) is 11.8. The van der Waals surface area contributed by atoms with E-state index < -0.39 is 0 Å². The van der Waals surface area contributed by atoms with Gasteiger partial charge < -0.3 is 19.1 Å². The predicted octanol–water partition coefficient (Wildman–Crippen LogP) is 13.8. The summed E-state index contributed by atoms with van der Waals surface area (Å²) < 4.78 is 4.69. The number of H-pyrrole nitrogens is 2. The summed E-state index contributed by atoms with van der Waals surface area (Å²) in [4.78, 5) is 6.41. The summed E-state index contributed by atoms with van der Waals surface area (Å²) >= 11 is 0. The molecular weight excluding hydrogens is 657 g/mol. The largest absolute Gasteiger partial charge is 0.361 e. The minimum absolute atomic E-state index is 0.0840. The van der Waals surface area contributed by atoms with Crippen LogP contribution in [0.4, 0.5) is 0 Å². The maximum Gasteiger partial charge on any atom is 0.0531 e. The van der Waals surface area contributed by atoms with Crippen LogP contribution in [0.5, 0.6) is 0 Å². The van der Waals surface area contributed by atoms with E-state index in [4.69, 9.17) is 0 Å². The van der Waals surface area contributed by atoms with Crippen molar-refractivity contribution in [1.82, 2.24) is 19.1 Å². The SMILES string of the molecule is CC(C)(C)c1c[nH]c2ccccc12.CC(C)(C)c1cn(-c2cccc(-n3cc(C(C)(C)C)c4ccccc43)c2)c2ccccc12.c1ccc2[nH]ccc2c1. The van der Waals surface area contributed by atoms with E-state index in [1.165, 1.54) is 71.7 Å². The summed E-state index contributed by atoms with van der Waals surface area (Å²) in [5, 5.41) is 5.27. The molecule has 54 heavy (non-hydrogen) atoms. The molecule has 4 nitrogen and oxygen atoms in total. The molecule has 274 valence electrons. The van der Waals surface area contributed by atoms with Gasteiger partial charge in [0.15, 0.2) is 0 Å². The maximum absolute atomic E-state index is 3.29. The second-order valence-electron chi connectivity index (χ2n) is 17.4. The van der Waals surface area contributed by atoms with Gasteiger partial charge in [0.1, 0.15) is 0 Å². The molecule has 4 heterocycles. The first-order valence-corrected chi connectivity index (χ1v) is 19.1. The normalized spacial score (nSPS) is 12.2. The summed E-state index contributed by atoms with van der Waals surface area (Å²) in [7, 11) is 0. The van der Waals surface area contributed by atoms with Gasteiger partial charge in [-0.3, -0.25) is 0 Å². The Kier molecular flexibility index (Phi) is 9.66. The highest BCUT2D eigenvalue weighted by molar-refractivity contribution is 5.88. The van der Waals surface area contributed by atoms with Crippen LogP contribution in [0.25, 0.3) is 55.0 Å². The molecule has 4 aromatic heterocycles. The van der Waals surface area contributed by atoms with Crippen LogP contribution in [0.15, 0.2) is 152 Å². The molecule has 0 aliphatic carbocycles. The lowest BCUT2D eigenvalue weighted by atomic mass is 9.87. The molecule has 0 saturated heterocycles. The first kappa shape index (κ1) is 36.6. The van der Waals surface area contributed by atoms with Gasteiger partial charge in [-0.15, -0.1) is 0 Å². The lowest BCUT2D eigenvalue weighted by molar-refractivity contribution is 0.594. The molecule has 0 unspecified atom stereocenters. The summed E-state index contributed by atoms with van der Waals surface area (Å²) in [5.74, 6) is 0. The smallest absolute Gasteiger partial charge is 0.0531 e. The van der Waals surface area contributed by atoms with Crippen molar-refractivity contribution in [2.45, 2.75) is 78.6 Å². The third-order valence-electron chi connectivity index (χ3n) is 10.3. The maximum atomic E-state index is 3.29. The van der Waals surface area contributed by atoms with Crippen LogP contribution in [0, 0.1) is 0 Å². The van der Waals surface area contributed by atoms with E-state index in [0.717, 1.165) is 0 Å². The van der Waals surface area contributed by atoms with Gasteiger partial charge in [0, 0.05) is 63.4 Å². The number of aromatic nitrogens is 4. The number of hydrogen-bond acceptors (Lipinski definition) is 0. The number of benzene rings is 5. The summed E-state index contributed by atoms with van der Waals surface area (Å²) in [6.07, 6.45) is 8.70. The van der Waals surface area contributed by atoms with E-state index >= 15 is 0 Å². The Hall–Kier alpha value is -5.74. The number of hydrogen-bond donors (Lipinski definition) is 2. The Morgan fingerprint density at radius 1 is 0.407 bits per heavy atom. The summed E-state index contributed by atoms with van der Waals surface area (Å²) in [6.45, 7) is 20.4.